The van der Waals surface area contributed by atoms with Crippen LogP contribution >= 0.6 is 0 Å². The van der Waals surface area contributed by atoms with E-state index < -0.39 is 25.2 Å². The number of unbranched alkanes of at least 4 members (excludes halogenated alkanes) is 1. The Hall–Kier alpha value is -0.889. The van der Waals surface area contributed by atoms with E-state index in [0.29, 0.717) is 44.0 Å². The summed E-state index contributed by atoms with van der Waals surface area (Å²) in [7, 11) is -4.86. The maximum absolute atomic E-state index is 11.9. The molecule has 210 valence electrons. The quantitative estimate of drug-likeness (QED) is 0.0658. The molecule has 0 radical (unpaired) electrons. The van der Waals surface area contributed by atoms with E-state index >= 15 is 0 Å². The van der Waals surface area contributed by atoms with Crippen LogP contribution in [0.3, 0.4) is 0 Å². The van der Waals surface area contributed by atoms with Crippen LogP contribution in [0.2, 0.25) is 50.9 Å². The average Bonchev–Trinajstić information content (AvgIpc) is 2.75. The zero-order valence-corrected chi connectivity index (χ0v) is 27.3. The molecule has 0 bridgehead atoms. The van der Waals surface area contributed by atoms with E-state index in [1.807, 2.05) is 0 Å². The minimum Gasteiger partial charge on any atom is -0.462 e. The highest BCUT2D eigenvalue weighted by Gasteiger charge is 2.42. The van der Waals surface area contributed by atoms with Crippen molar-refractivity contribution in [3.63, 3.8) is 0 Å². The SMILES string of the molecule is C=C(C)C(=O)CCCC[Si](C)(C)O[Si](C)(CCCOCCOC)O[Si](C)(C)CCCOC(=O)C(=C)C. The van der Waals surface area contributed by atoms with Crippen molar-refractivity contribution >= 4 is 36.9 Å². The molecule has 0 N–H and O–H groups in total. The number of hydrogen-bond donors (Lipinski definition) is 0. The van der Waals surface area contributed by atoms with Crippen LogP contribution in [0.1, 0.15) is 46.0 Å². The van der Waals surface area contributed by atoms with Crippen molar-refractivity contribution in [2.45, 2.75) is 96.8 Å². The molecule has 0 aliphatic heterocycles. The summed E-state index contributed by atoms with van der Waals surface area (Å²) < 4.78 is 29.8. The van der Waals surface area contributed by atoms with E-state index in [9.17, 15) is 9.59 Å². The first kappa shape index (κ1) is 35.1. The summed E-state index contributed by atoms with van der Waals surface area (Å²) in [6, 6.07) is 2.75. The predicted molar refractivity (Wildman–Crippen MR) is 155 cm³/mol. The van der Waals surface area contributed by atoms with Gasteiger partial charge in [-0.3, -0.25) is 4.79 Å². The normalized spacial score (nSPS) is 13.8. The molecule has 0 heterocycles. The summed E-state index contributed by atoms with van der Waals surface area (Å²) >= 11 is 0. The van der Waals surface area contributed by atoms with Crippen molar-refractivity contribution in [1.29, 1.82) is 0 Å². The Morgan fingerprint density at radius 1 is 0.694 bits per heavy atom. The number of allylic oxidation sites excluding steroid dienone is 1. The van der Waals surface area contributed by atoms with Crippen LogP contribution in [0.15, 0.2) is 24.3 Å². The van der Waals surface area contributed by atoms with Gasteiger partial charge in [-0.05, 0) is 89.6 Å². The van der Waals surface area contributed by atoms with Gasteiger partial charge in [-0.25, -0.2) is 4.79 Å². The fourth-order valence-electron chi connectivity index (χ4n) is 3.97. The Morgan fingerprint density at radius 3 is 1.78 bits per heavy atom. The molecule has 1 unspecified atom stereocenters. The van der Waals surface area contributed by atoms with Crippen LogP contribution in [0.25, 0.3) is 0 Å². The minimum absolute atomic E-state index is 0.146. The topological polar surface area (TPSA) is 80.3 Å². The van der Waals surface area contributed by atoms with Crippen molar-refractivity contribution in [3.8, 4) is 0 Å². The third-order valence-corrected chi connectivity index (χ3v) is 18.0. The Bertz CT molecular complexity index is 660. The lowest BCUT2D eigenvalue weighted by atomic mass is 10.1. The summed E-state index contributed by atoms with van der Waals surface area (Å²) in [4.78, 5) is 23.5. The van der Waals surface area contributed by atoms with Gasteiger partial charge in [0.05, 0.1) is 19.8 Å². The van der Waals surface area contributed by atoms with Crippen molar-refractivity contribution in [1.82, 2.24) is 0 Å². The number of carbonyl (C=O) groups excluding carboxylic acids is 2. The molecule has 7 nitrogen and oxygen atoms in total. The summed E-state index contributed by atoms with van der Waals surface area (Å²) in [6.45, 7) is 24.1. The van der Waals surface area contributed by atoms with Gasteiger partial charge in [-0.2, -0.15) is 0 Å². The third kappa shape index (κ3) is 17.5. The molecule has 0 saturated carbocycles. The Labute approximate surface area is 223 Å². The molecule has 0 aromatic rings. The fraction of sp³-hybridized carbons (Fsp3) is 0.769. The number of ether oxygens (including phenoxy) is 3. The standard InChI is InChI=1S/C26H52O7Si3/c1-23(2)25(27)15-11-12-20-34(6,7)32-36(10,22-13-16-30-19-18-29-5)33-35(8,9)21-14-17-31-26(28)24(3)4/h1,3,11-22H2,2,4-10H3. The largest absolute Gasteiger partial charge is 0.462 e. The first-order valence-electron chi connectivity index (χ1n) is 13.1. The van der Waals surface area contributed by atoms with E-state index in [2.05, 4.69) is 45.9 Å². The van der Waals surface area contributed by atoms with Crippen LogP contribution in [-0.4, -0.2) is 70.5 Å². The van der Waals surface area contributed by atoms with Gasteiger partial charge in [0.1, 0.15) is 0 Å². The lowest BCUT2D eigenvalue weighted by Gasteiger charge is -2.41. The summed E-state index contributed by atoms with van der Waals surface area (Å²) in [5.74, 6) is -0.197. The van der Waals surface area contributed by atoms with Crippen LogP contribution in [0.5, 0.6) is 0 Å². The summed E-state index contributed by atoms with van der Waals surface area (Å²) in [5, 5.41) is 0. The second kappa shape index (κ2) is 17.6. The highest BCUT2D eigenvalue weighted by Crippen LogP contribution is 2.30. The number of ketones is 1. The molecule has 0 spiro atoms. The van der Waals surface area contributed by atoms with Crippen molar-refractivity contribution in [2.24, 2.45) is 0 Å². The summed E-state index contributed by atoms with van der Waals surface area (Å²) in [5.41, 5.74) is 1.05. The zero-order chi connectivity index (χ0) is 27.8. The molecule has 36 heavy (non-hydrogen) atoms. The van der Waals surface area contributed by atoms with Gasteiger partial charge in [-0.15, -0.1) is 0 Å². The molecule has 1 atom stereocenters. The van der Waals surface area contributed by atoms with E-state index in [4.69, 9.17) is 22.4 Å². The Balaban J connectivity index is 5.04. The predicted octanol–water partition coefficient (Wildman–Crippen LogP) is 6.38. The van der Waals surface area contributed by atoms with Crippen molar-refractivity contribution < 1.29 is 32.0 Å². The van der Waals surface area contributed by atoms with Crippen LogP contribution < -0.4 is 0 Å². The first-order valence-corrected chi connectivity index (χ1v) is 21.9. The van der Waals surface area contributed by atoms with Gasteiger partial charge in [0, 0.05) is 25.7 Å². The monoisotopic (exact) mass is 560 g/mol. The number of Topliss-reactive ketones (excluding diaryl/α,β-unsaturated/α-hetero) is 1. The van der Waals surface area contributed by atoms with Gasteiger partial charge < -0.3 is 22.4 Å². The zero-order valence-electron chi connectivity index (χ0n) is 24.3. The van der Waals surface area contributed by atoms with Gasteiger partial charge in [0.2, 0.25) is 0 Å². The van der Waals surface area contributed by atoms with Crippen LogP contribution in [0.4, 0.5) is 0 Å². The number of esters is 1. The third-order valence-electron chi connectivity index (χ3n) is 5.75. The average molecular weight is 561 g/mol. The molecular formula is C26H52O7Si3. The van der Waals surface area contributed by atoms with E-state index in [1.54, 1.807) is 21.0 Å². The molecule has 0 aromatic carbocycles. The van der Waals surface area contributed by atoms with Gasteiger partial charge in [0.15, 0.2) is 22.4 Å². The van der Waals surface area contributed by atoms with E-state index in [-0.39, 0.29) is 11.8 Å². The minimum atomic E-state index is -2.48. The smallest absolute Gasteiger partial charge is 0.333 e. The van der Waals surface area contributed by atoms with Crippen molar-refractivity contribution in [3.05, 3.63) is 24.3 Å². The lowest BCUT2D eigenvalue weighted by Crippen LogP contribution is -2.54. The lowest BCUT2D eigenvalue weighted by molar-refractivity contribution is -0.138. The van der Waals surface area contributed by atoms with E-state index in [1.165, 1.54) is 0 Å². The molecular weight excluding hydrogens is 509 g/mol. The Morgan fingerprint density at radius 2 is 1.25 bits per heavy atom. The van der Waals surface area contributed by atoms with Gasteiger partial charge in [0.25, 0.3) is 0 Å². The molecule has 0 saturated heterocycles. The molecule has 0 aromatic heterocycles. The Kier molecular flexibility index (Phi) is 17.2. The molecule has 10 heteroatoms. The first-order chi connectivity index (χ1) is 16.6. The second-order valence-corrected chi connectivity index (χ2v) is 23.4. The maximum Gasteiger partial charge on any atom is 0.333 e. The number of hydrogen-bond acceptors (Lipinski definition) is 7. The highest BCUT2D eigenvalue weighted by atomic mass is 28.5. The summed E-state index contributed by atoms with van der Waals surface area (Å²) in [6.07, 6.45) is 4.03. The maximum atomic E-state index is 11.9. The number of rotatable bonds is 22. The van der Waals surface area contributed by atoms with Crippen LogP contribution in [0, 0.1) is 0 Å². The van der Waals surface area contributed by atoms with Gasteiger partial charge >= 0.3 is 14.5 Å². The highest BCUT2D eigenvalue weighted by molar-refractivity contribution is 6.88. The second-order valence-electron chi connectivity index (χ2n) is 11.0. The molecule has 0 amide bonds. The van der Waals surface area contributed by atoms with Gasteiger partial charge in [-0.1, -0.05) is 19.6 Å². The molecule has 0 rings (SSSR count). The number of carbonyl (C=O) groups is 2. The molecule has 0 aliphatic carbocycles. The van der Waals surface area contributed by atoms with E-state index in [0.717, 1.165) is 43.8 Å². The molecule has 0 aliphatic rings. The fourth-order valence-corrected chi connectivity index (χ4v) is 18.4. The number of methoxy groups -OCH3 is 1. The van der Waals surface area contributed by atoms with Crippen LogP contribution in [-0.2, 0) is 32.0 Å². The molecule has 0 fully saturated rings. The van der Waals surface area contributed by atoms with Crippen molar-refractivity contribution in [2.75, 3.05) is 33.5 Å².